The van der Waals surface area contributed by atoms with Gasteiger partial charge in [0.2, 0.25) is 0 Å². The highest BCUT2D eigenvalue weighted by atomic mass is 79.9. The second kappa shape index (κ2) is 3.04. The minimum atomic E-state index is 1.11. The van der Waals surface area contributed by atoms with Crippen molar-refractivity contribution in [3.63, 3.8) is 0 Å². The summed E-state index contributed by atoms with van der Waals surface area (Å²) in [5.41, 5.74) is 3.59. The van der Waals surface area contributed by atoms with E-state index < -0.39 is 0 Å². The molecule has 0 saturated heterocycles. The van der Waals surface area contributed by atoms with E-state index in [1.165, 1.54) is 16.5 Å². The molecular weight excluding hydrogens is 226 g/mol. The first-order valence-electron chi connectivity index (χ1n) is 4.12. The van der Waals surface area contributed by atoms with E-state index in [2.05, 4.69) is 46.5 Å². The van der Waals surface area contributed by atoms with Crippen LogP contribution in [0.25, 0.3) is 17.0 Å². The number of aromatic amines is 1. The van der Waals surface area contributed by atoms with E-state index in [-0.39, 0.29) is 0 Å². The molecule has 2 heteroatoms. The third kappa shape index (κ3) is 1.31. The van der Waals surface area contributed by atoms with Crippen LogP contribution in [0.15, 0.2) is 29.4 Å². The van der Waals surface area contributed by atoms with Gasteiger partial charge in [0.25, 0.3) is 0 Å². The number of aryl methyl sites for hydroxylation is 1. The molecule has 1 aromatic heterocycles. The fourth-order valence-electron chi connectivity index (χ4n) is 1.56. The van der Waals surface area contributed by atoms with Gasteiger partial charge in [-0.1, -0.05) is 28.6 Å². The van der Waals surface area contributed by atoms with Gasteiger partial charge in [0.1, 0.15) is 0 Å². The monoisotopic (exact) mass is 235 g/mol. The van der Waals surface area contributed by atoms with Crippen LogP contribution in [0.5, 0.6) is 0 Å². The third-order valence-corrected chi connectivity index (χ3v) is 2.66. The van der Waals surface area contributed by atoms with Gasteiger partial charge in [-0.2, -0.15) is 0 Å². The molecule has 0 fully saturated rings. The van der Waals surface area contributed by atoms with Crippen molar-refractivity contribution in [1.82, 2.24) is 4.98 Å². The van der Waals surface area contributed by atoms with E-state index in [0.717, 1.165) is 10.0 Å². The molecule has 1 heterocycles. The zero-order valence-electron chi connectivity index (χ0n) is 7.39. The smallest absolute Gasteiger partial charge is 0.0490 e. The Labute approximate surface area is 85.6 Å². The van der Waals surface area contributed by atoms with Gasteiger partial charge in [0.05, 0.1) is 0 Å². The Kier molecular flexibility index (Phi) is 2.00. The van der Waals surface area contributed by atoms with Gasteiger partial charge in [-0.15, -0.1) is 0 Å². The molecule has 0 aliphatic rings. The Morgan fingerprint density at radius 1 is 1.46 bits per heavy atom. The molecule has 1 aromatic carbocycles. The lowest BCUT2D eigenvalue weighted by Crippen LogP contribution is -1.76. The first-order valence-corrected chi connectivity index (χ1v) is 4.91. The average molecular weight is 236 g/mol. The average Bonchev–Trinajstić information content (AvgIpc) is 2.47. The van der Waals surface area contributed by atoms with Gasteiger partial charge in [0.15, 0.2) is 0 Å². The molecule has 0 unspecified atom stereocenters. The summed E-state index contributed by atoms with van der Waals surface area (Å²) in [6, 6.07) is 4.21. The summed E-state index contributed by atoms with van der Waals surface area (Å²) >= 11 is 3.48. The molecule has 0 amide bonds. The molecule has 0 saturated carbocycles. The fraction of sp³-hybridized carbons (Fsp3) is 0.0909. The van der Waals surface area contributed by atoms with Crippen molar-refractivity contribution >= 4 is 32.9 Å². The van der Waals surface area contributed by atoms with Crippen LogP contribution in [0.2, 0.25) is 0 Å². The molecule has 2 aromatic rings. The normalized spacial score (nSPS) is 10.6. The summed E-state index contributed by atoms with van der Waals surface area (Å²) in [6.45, 7) is 5.87. The number of fused-ring (bicyclic) bond motifs is 1. The van der Waals surface area contributed by atoms with Crippen LogP contribution in [0.3, 0.4) is 0 Å². The zero-order valence-corrected chi connectivity index (χ0v) is 8.98. The summed E-state index contributed by atoms with van der Waals surface area (Å²) in [4.78, 5) is 3.24. The highest BCUT2D eigenvalue weighted by Gasteiger charge is 2.03. The highest BCUT2D eigenvalue weighted by Crippen LogP contribution is 2.26. The van der Waals surface area contributed by atoms with E-state index >= 15 is 0 Å². The van der Waals surface area contributed by atoms with Crippen molar-refractivity contribution in [2.75, 3.05) is 0 Å². The number of hydrogen-bond donors (Lipinski definition) is 1. The predicted molar refractivity (Wildman–Crippen MR) is 60.8 cm³/mol. The van der Waals surface area contributed by atoms with E-state index in [1.807, 2.05) is 12.3 Å². The van der Waals surface area contributed by atoms with Crippen molar-refractivity contribution in [3.8, 4) is 0 Å². The van der Waals surface area contributed by atoms with Crippen LogP contribution in [-0.2, 0) is 0 Å². The van der Waals surface area contributed by atoms with Gasteiger partial charge in [-0.25, -0.2) is 0 Å². The molecule has 0 aliphatic carbocycles. The Morgan fingerprint density at radius 3 is 2.92 bits per heavy atom. The topological polar surface area (TPSA) is 15.8 Å². The van der Waals surface area contributed by atoms with Gasteiger partial charge in [-0.05, 0) is 30.2 Å². The minimum absolute atomic E-state index is 1.11. The number of H-pyrrole nitrogens is 1. The number of hydrogen-bond acceptors (Lipinski definition) is 0. The third-order valence-electron chi connectivity index (χ3n) is 2.20. The van der Waals surface area contributed by atoms with Crippen molar-refractivity contribution in [2.45, 2.75) is 6.92 Å². The number of halogens is 1. The molecule has 1 nitrogen and oxygen atoms in total. The highest BCUT2D eigenvalue weighted by molar-refractivity contribution is 9.10. The summed E-state index contributed by atoms with van der Waals surface area (Å²) in [6.07, 6.45) is 3.85. The number of nitrogens with one attached hydrogen (secondary N) is 1. The molecule has 1 N–H and O–H groups in total. The maximum absolute atomic E-state index is 3.78. The van der Waals surface area contributed by atoms with Crippen LogP contribution in [0, 0.1) is 6.92 Å². The zero-order chi connectivity index (χ0) is 9.42. The van der Waals surface area contributed by atoms with Crippen molar-refractivity contribution < 1.29 is 0 Å². The standard InChI is InChI=1S/C11H10BrN/c1-3-8-6-13-11-7(2)4-9(12)5-10(8)11/h3-6,13H,1H2,2H3. The minimum Gasteiger partial charge on any atom is -0.360 e. The molecule has 13 heavy (non-hydrogen) atoms. The van der Waals surface area contributed by atoms with E-state index in [9.17, 15) is 0 Å². The number of aromatic nitrogens is 1. The fourth-order valence-corrected chi connectivity index (χ4v) is 2.13. The summed E-state index contributed by atoms with van der Waals surface area (Å²) in [5.74, 6) is 0. The van der Waals surface area contributed by atoms with Crippen molar-refractivity contribution in [3.05, 3.63) is 40.5 Å². The van der Waals surface area contributed by atoms with Crippen molar-refractivity contribution in [1.29, 1.82) is 0 Å². The molecule has 2 rings (SSSR count). The predicted octanol–water partition coefficient (Wildman–Crippen LogP) is 3.88. The van der Waals surface area contributed by atoms with Crippen LogP contribution in [0.1, 0.15) is 11.1 Å². The first-order chi connectivity index (χ1) is 6.22. The second-order valence-electron chi connectivity index (χ2n) is 3.09. The van der Waals surface area contributed by atoms with Crippen LogP contribution in [-0.4, -0.2) is 4.98 Å². The van der Waals surface area contributed by atoms with Gasteiger partial charge in [0, 0.05) is 21.6 Å². The number of rotatable bonds is 1. The van der Waals surface area contributed by atoms with Crippen LogP contribution >= 0.6 is 15.9 Å². The SMILES string of the molecule is C=Cc1c[nH]c2c(C)cc(Br)cc12. The molecule has 0 atom stereocenters. The Bertz CT molecular complexity index is 468. The second-order valence-corrected chi connectivity index (χ2v) is 4.01. The largest absolute Gasteiger partial charge is 0.360 e. The molecule has 0 bridgehead atoms. The maximum Gasteiger partial charge on any atom is 0.0490 e. The Morgan fingerprint density at radius 2 is 2.23 bits per heavy atom. The lowest BCUT2D eigenvalue weighted by atomic mass is 10.1. The molecular formula is C11H10BrN. The lowest BCUT2D eigenvalue weighted by molar-refractivity contribution is 1.41. The lowest BCUT2D eigenvalue weighted by Gasteiger charge is -1.98. The summed E-state index contributed by atoms with van der Waals surface area (Å²) < 4.78 is 1.11. The number of benzene rings is 1. The molecule has 0 spiro atoms. The Balaban J connectivity index is 2.89. The van der Waals surface area contributed by atoms with Gasteiger partial charge < -0.3 is 4.98 Å². The Hall–Kier alpha value is -1.02. The van der Waals surface area contributed by atoms with Gasteiger partial charge in [-0.3, -0.25) is 0 Å². The summed E-state index contributed by atoms with van der Waals surface area (Å²) in [7, 11) is 0. The van der Waals surface area contributed by atoms with E-state index in [1.54, 1.807) is 0 Å². The molecule has 66 valence electrons. The molecule has 0 radical (unpaired) electrons. The molecule has 0 aliphatic heterocycles. The van der Waals surface area contributed by atoms with E-state index in [0.29, 0.717) is 0 Å². The van der Waals surface area contributed by atoms with Crippen LogP contribution in [0.4, 0.5) is 0 Å². The maximum atomic E-state index is 3.78. The van der Waals surface area contributed by atoms with Gasteiger partial charge >= 0.3 is 0 Å². The quantitative estimate of drug-likeness (QED) is 0.773. The van der Waals surface area contributed by atoms with Crippen molar-refractivity contribution in [2.24, 2.45) is 0 Å². The first kappa shape index (κ1) is 8.57. The van der Waals surface area contributed by atoms with Crippen LogP contribution < -0.4 is 0 Å². The summed E-state index contributed by atoms with van der Waals surface area (Å²) in [5, 5.41) is 1.22. The van der Waals surface area contributed by atoms with E-state index in [4.69, 9.17) is 0 Å².